The van der Waals surface area contributed by atoms with Crippen molar-refractivity contribution in [1.29, 1.82) is 0 Å². The van der Waals surface area contributed by atoms with Crippen molar-refractivity contribution in [2.24, 2.45) is 0 Å². The molecule has 8 nitrogen and oxygen atoms in total. The largest absolute Gasteiger partial charge is 0.497 e. The van der Waals surface area contributed by atoms with Crippen LogP contribution in [0.4, 0.5) is 11.8 Å². The summed E-state index contributed by atoms with van der Waals surface area (Å²) in [6.45, 7) is 0.733. The molecule has 1 aromatic carbocycles. The van der Waals surface area contributed by atoms with Gasteiger partial charge in [0.15, 0.2) is 5.82 Å². The molecule has 0 saturated carbocycles. The number of hydrogen-bond donors (Lipinski definition) is 1. The van der Waals surface area contributed by atoms with Crippen LogP contribution in [-0.4, -0.2) is 44.4 Å². The summed E-state index contributed by atoms with van der Waals surface area (Å²) in [4.78, 5) is 32.2. The first-order valence-electron chi connectivity index (χ1n) is 10.0. The van der Waals surface area contributed by atoms with Gasteiger partial charge in [-0.05, 0) is 43.0 Å². The Labute approximate surface area is 175 Å². The van der Waals surface area contributed by atoms with Gasteiger partial charge in [0.1, 0.15) is 5.75 Å². The number of carbonyl (C=O) groups is 1. The van der Waals surface area contributed by atoms with Gasteiger partial charge in [0, 0.05) is 25.1 Å². The average Bonchev–Trinajstić information content (AvgIpc) is 2.80. The first-order chi connectivity index (χ1) is 14.7. The molecule has 4 rings (SSSR count). The first kappa shape index (κ1) is 19.8. The molecule has 1 aliphatic heterocycles. The van der Waals surface area contributed by atoms with Crippen LogP contribution in [0.25, 0.3) is 0 Å². The van der Waals surface area contributed by atoms with Gasteiger partial charge < -0.3 is 15.0 Å². The molecule has 1 atom stereocenters. The van der Waals surface area contributed by atoms with Gasteiger partial charge in [0.05, 0.1) is 31.5 Å². The van der Waals surface area contributed by atoms with Crippen LogP contribution in [0.15, 0.2) is 55.1 Å². The molecule has 0 radical (unpaired) electrons. The van der Waals surface area contributed by atoms with Crippen molar-refractivity contribution in [2.75, 3.05) is 19.0 Å². The molecule has 1 fully saturated rings. The Balaban J connectivity index is 1.50. The summed E-state index contributed by atoms with van der Waals surface area (Å²) in [5, 5.41) is 3.07. The molecule has 3 aromatic rings. The molecule has 1 aliphatic rings. The number of methoxy groups -OCH3 is 1. The zero-order valence-electron chi connectivity index (χ0n) is 16.9. The van der Waals surface area contributed by atoms with Crippen LogP contribution >= 0.6 is 0 Å². The number of aromatic nitrogens is 4. The normalized spacial score (nSPS) is 16.2. The average molecular weight is 404 g/mol. The predicted octanol–water partition coefficient (Wildman–Crippen LogP) is 3.32. The van der Waals surface area contributed by atoms with E-state index in [0.29, 0.717) is 18.2 Å². The van der Waals surface area contributed by atoms with E-state index >= 15 is 0 Å². The first-order valence-corrected chi connectivity index (χ1v) is 10.0. The molecule has 1 saturated heterocycles. The molecule has 8 heteroatoms. The molecule has 0 spiro atoms. The summed E-state index contributed by atoms with van der Waals surface area (Å²) >= 11 is 0. The number of nitrogens with zero attached hydrogens (tertiary/aromatic N) is 5. The molecule has 2 aromatic heterocycles. The number of hydrogen-bond acceptors (Lipinski definition) is 7. The Hall–Kier alpha value is -3.55. The Morgan fingerprint density at radius 3 is 2.77 bits per heavy atom. The Kier molecular flexibility index (Phi) is 6.12. The Morgan fingerprint density at radius 2 is 2.00 bits per heavy atom. The SMILES string of the molecule is COc1ccc(CC(=O)N2CCCCC2c2ccnc(Nc3cnccn3)n2)cc1. The van der Waals surface area contributed by atoms with Gasteiger partial charge in [-0.3, -0.25) is 9.78 Å². The van der Waals surface area contributed by atoms with Gasteiger partial charge >= 0.3 is 0 Å². The quantitative estimate of drug-likeness (QED) is 0.674. The van der Waals surface area contributed by atoms with E-state index in [1.165, 1.54) is 0 Å². The van der Waals surface area contributed by atoms with Crippen LogP contribution in [0, 0.1) is 0 Å². The van der Waals surface area contributed by atoms with E-state index in [1.807, 2.05) is 35.2 Å². The van der Waals surface area contributed by atoms with Crippen LogP contribution in [0.2, 0.25) is 0 Å². The van der Waals surface area contributed by atoms with Gasteiger partial charge in [-0.15, -0.1) is 0 Å². The fraction of sp³-hybridized carbons (Fsp3) is 0.318. The van der Waals surface area contributed by atoms with Gasteiger partial charge in [-0.1, -0.05) is 12.1 Å². The predicted molar refractivity (Wildman–Crippen MR) is 112 cm³/mol. The Morgan fingerprint density at radius 1 is 1.13 bits per heavy atom. The summed E-state index contributed by atoms with van der Waals surface area (Å²) in [5.74, 6) is 1.91. The molecular formula is C22H24N6O2. The third-order valence-corrected chi connectivity index (χ3v) is 5.16. The molecule has 1 N–H and O–H groups in total. The van der Waals surface area contributed by atoms with Crippen molar-refractivity contribution < 1.29 is 9.53 Å². The van der Waals surface area contributed by atoms with E-state index in [0.717, 1.165) is 42.8 Å². The molecule has 3 heterocycles. The van der Waals surface area contributed by atoms with E-state index in [4.69, 9.17) is 4.74 Å². The van der Waals surface area contributed by atoms with Crippen molar-refractivity contribution in [3.63, 3.8) is 0 Å². The highest BCUT2D eigenvalue weighted by Crippen LogP contribution is 2.31. The zero-order valence-corrected chi connectivity index (χ0v) is 16.9. The monoisotopic (exact) mass is 404 g/mol. The smallest absolute Gasteiger partial charge is 0.228 e. The lowest BCUT2D eigenvalue weighted by Crippen LogP contribution is -2.39. The van der Waals surface area contributed by atoms with Crippen LogP contribution in [0.3, 0.4) is 0 Å². The summed E-state index contributed by atoms with van der Waals surface area (Å²) in [6.07, 6.45) is 9.84. The van der Waals surface area contributed by atoms with Gasteiger partial charge in [-0.25, -0.2) is 15.0 Å². The number of carbonyl (C=O) groups excluding carboxylic acids is 1. The zero-order chi connectivity index (χ0) is 20.8. The van der Waals surface area contributed by atoms with Crippen molar-refractivity contribution in [2.45, 2.75) is 31.7 Å². The van der Waals surface area contributed by atoms with Crippen LogP contribution in [0.1, 0.15) is 36.6 Å². The lowest BCUT2D eigenvalue weighted by atomic mass is 9.98. The molecule has 0 aliphatic carbocycles. The maximum absolute atomic E-state index is 13.1. The van der Waals surface area contributed by atoms with Gasteiger partial charge in [0.2, 0.25) is 11.9 Å². The molecule has 154 valence electrons. The standard InChI is InChI=1S/C22H24N6O2/c1-30-17-7-5-16(6-8-17)14-21(29)28-13-3-2-4-19(28)18-9-10-25-22(26-18)27-20-15-23-11-12-24-20/h5-12,15,19H,2-4,13-14H2,1H3,(H,24,25,26,27). The second kappa shape index (κ2) is 9.30. The molecule has 30 heavy (non-hydrogen) atoms. The number of likely N-dealkylation sites (tertiary alicyclic amines) is 1. The van der Waals surface area contributed by atoms with Crippen molar-refractivity contribution in [3.8, 4) is 5.75 Å². The van der Waals surface area contributed by atoms with Crippen LogP contribution in [-0.2, 0) is 11.2 Å². The molecule has 0 bridgehead atoms. The number of anilines is 2. The minimum Gasteiger partial charge on any atom is -0.497 e. The van der Waals surface area contributed by atoms with Gasteiger partial charge in [-0.2, -0.15) is 0 Å². The third kappa shape index (κ3) is 4.71. The molecule has 1 amide bonds. The summed E-state index contributed by atoms with van der Waals surface area (Å²) in [7, 11) is 1.63. The highest BCUT2D eigenvalue weighted by atomic mass is 16.5. The minimum absolute atomic E-state index is 0.0603. The molecular weight excluding hydrogens is 380 g/mol. The summed E-state index contributed by atoms with van der Waals surface area (Å²) < 4.78 is 5.20. The van der Waals surface area contributed by atoms with Crippen LogP contribution < -0.4 is 10.1 Å². The number of piperidine rings is 1. The molecule has 1 unspecified atom stereocenters. The van der Waals surface area contributed by atoms with Crippen LogP contribution in [0.5, 0.6) is 5.75 Å². The fourth-order valence-corrected chi connectivity index (χ4v) is 3.65. The van der Waals surface area contributed by atoms with Gasteiger partial charge in [0.25, 0.3) is 0 Å². The lowest BCUT2D eigenvalue weighted by Gasteiger charge is -2.35. The number of benzene rings is 1. The van der Waals surface area contributed by atoms with Crippen molar-refractivity contribution in [1.82, 2.24) is 24.8 Å². The highest BCUT2D eigenvalue weighted by molar-refractivity contribution is 5.79. The van der Waals surface area contributed by atoms with E-state index in [9.17, 15) is 4.79 Å². The maximum Gasteiger partial charge on any atom is 0.228 e. The van der Waals surface area contributed by atoms with E-state index in [1.54, 1.807) is 31.9 Å². The summed E-state index contributed by atoms with van der Waals surface area (Å²) in [6, 6.07) is 9.45. The number of amides is 1. The second-order valence-electron chi connectivity index (χ2n) is 7.14. The van der Waals surface area contributed by atoms with Crippen molar-refractivity contribution >= 4 is 17.7 Å². The highest BCUT2D eigenvalue weighted by Gasteiger charge is 2.29. The number of nitrogens with one attached hydrogen (secondary N) is 1. The maximum atomic E-state index is 13.1. The lowest BCUT2D eigenvalue weighted by molar-refractivity contribution is -0.134. The number of ether oxygens (including phenoxy) is 1. The Bertz CT molecular complexity index is 980. The van der Waals surface area contributed by atoms with E-state index in [2.05, 4.69) is 25.3 Å². The third-order valence-electron chi connectivity index (χ3n) is 5.16. The fourth-order valence-electron chi connectivity index (χ4n) is 3.65. The minimum atomic E-state index is -0.0603. The second-order valence-corrected chi connectivity index (χ2v) is 7.14. The topological polar surface area (TPSA) is 93.1 Å². The van der Waals surface area contributed by atoms with E-state index in [-0.39, 0.29) is 11.9 Å². The summed E-state index contributed by atoms with van der Waals surface area (Å²) in [5.41, 5.74) is 1.80. The van der Waals surface area contributed by atoms with E-state index < -0.39 is 0 Å². The number of rotatable bonds is 6. The van der Waals surface area contributed by atoms with Crippen molar-refractivity contribution in [3.05, 3.63) is 66.4 Å².